The molecule has 0 aromatic carbocycles. The molecule has 1 fully saturated rings. The highest BCUT2D eigenvalue weighted by Gasteiger charge is 2.37. The van der Waals surface area contributed by atoms with E-state index in [1.54, 1.807) is 0 Å². The smallest absolute Gasteiger partial charge is 0.305 e. The molecule has 15 heavy (non-hydrogen) atoms. The second kappa shape index (κ2) is 4.64. The van der Waals surface area contributed by atoms with Crippen molar-refractivity contribution in [1.29, 1.82) is 0 Å². The molecule has 0 aromatic heterocycles. The molecule has 1 saturated carbocycles. The van der Waals surface area contributed by atoms with Crippen molar-refractivity contribution in [2.45, 2.75) is 51.5 Å². The molecule has 2 N–H and O–H groups in total. The minimum absolute atomic E-state index is 0.0434. The standard InChI is InChI=1S/C11H19NO3/c1-8(2)10(15)12-11(7-9(13)14)5-3-4-6-11/h8H,3-7H2,1-2H3,(H,12,15)(H,13,14). The summed E-state index contributed by atoms with van der Waals surface area (Å²) >= 11 is 0. The lowest BCUT2D eigenvalue weighted by molar-refractivity contribution is -0.139. The van der Waals surface area contributed by atoms with Crippen LogP contribution in [0.2, 0.25) is 0 Å². The summed E-state index contributed by atoms with van der Waals surface area (Å²) in [6.45, 7) is 3.64. The highest BCUT2D eigenvalue weighted by molar-refractivity contribution is 5.80. The second-order valence-corrected chi connectivity index (χ2v) is 4.70. The topological polar surface area (TPSA) is 66.4 Å². The Bertz CT molecular complexity index is 255. The molecule has 4 nitrogen and oxygen atoms in total. The van der Waals surface area contributed by atoms with Gasteiger partial charge in [0, 0.05) is 5.92 Å². The van der Waals surface area contributed by atoms with Gasteiger partial charge in [-0.3, -0.25) is 9.59 Å². The second-order valence-electron chi connectivity index (χ2n) is 4.70. The van der Waals surface area contributed by atoms with Crippen molar-refractivity contribution in [2.75, 3.05) is 0 Å². The number of carbonyl (C=O) groups is 2. The predicted molar refractivity (Wildman–Crippen MR) is 56.4 cm³/mol. The summed E-state index contributed by atoms with van der Waals surface area (Å²) in [6, 6.07) is 0. The highest BCUT2D eigenvalue weighted by atomic mass is 16.4. The SMILES string of the molecule is CC(C)C(=O)NC1(CC(=O)O)CCCC1. The molecule has 0 atom stereocenters. The molecule has 0 heterocycles. The Hall–Kier alpha value is -1.06. The van der Waals surface area contributed by atoms with Crippen molar-refractivity contribution < 1.29 is 14.7 Å². The van der Waals surface area contributed by atoms with E-state index in [0.29, 0.717) is 0 Å². The van der Waals surface area contributed by atoms with Crippen molar-refractivity contribution in [3.63, 3.8) is 0 Å². The van der Waals surface area contributed by atoms with E-state index in [1.807, 2.05) is 13.8 Å². The maximum atomic E-state index is 11.6. The number of amides is 1. The molecule has 0 bridgehead atoms. The van der Waals surface area contributed by atoms with Gasteiger partial charge in [-0.15, -0.1) is 0 Å². The van der Waals surface area contributed by atoms with Gasteiger partial charge < -0.3 is 10.4 Å². The van der Waals surface area contributed by atoms with Crippen LogP contribution in [0.3, 0.4) is 0 Å². The zero-order chi connectivity index (χ0) is 11.5. The van der Waals surface area contributed by atoms with Crippen LogP contribution < -0.4 is 5.32 Å². The fourth-order valence-corrected chi connectivity index (χ4v) is 2.09. The Balaban J connectivity index is 2.65. The third-order valence-corrected chi connectivity index (χ3v) is 2.96. The van der Waals surface area contributed by atoms with E-state index in [0.717, 1.165) is 25.7 Å². The van der Waals surface area contributed by atoms with Gasteiger partial charge in [0.1, 0.15) is 0 Å². The van der Waals surface area contributed by atoms with Crippen molar-refractivity contribution in [3.8, 4) is 0 Å². The van der Waals surface area contributed by atoms with Gasteiger partial charge in [0.25, 0.3) is 0 Å². The van der Waals surface area contributed by atoms with Crippen LogP contribution in [-0.2, 0) is 9.59 Å². The van der Waals surface area contributed by atoms with Crippen LogP contribution in [0.4, 0.5) is 0 Å². The minimum atomic E-state index is -0.832. The van der Waals surface area contributed by atoms with Crippen LogP contribution in [0.5, 0.6) is 0 Å². The highest BCUT2D eigenvalue weighted by Crippen LogP contribution is 2.32. The zero-order valence-electron chi connectivity index (χ0n) is 9.38. The van der Waals surface area contributed by atoms with Gasteiger partial charge in [0.05, 0.1) is 12.0 Å². The van der Waals surface area contributed by atoms with Crippen LogP contribution >= 0.6 is 0 Å². The molecule has 1 amide bonds. The van der Waals surface area contributed by atoms with E-state index in [2.05, 4.69) is 5.32 Å². The molecule has 86 valence electrons. The third-order valence-electron chi connectivity index (χ3n) is 2.96. The average molecular weight is 213 g/mol. The Labute approximate surface area is 90.0 Å². The Kier molecular flexibility index (Phi) is 3.72. The number of rotatable bonds is 4. The molecular weight excluding hydrogens is 194 g/mol. The summed E-state index contributed by atoms with van der Waals surface area (Å²) in [4.78, 5) is 22.3. The Morgan fingerprint density at radius 2 is 1.87 bits per heavy atom. The van der Waals surface area contributed by atoms with Crippen molar-refractivity contribution in [1.82, 2.24) is 5.32 Å². The lowest BCUT2D eigenvalue weighted by Crippen LogP contribution is -2.49. The minimum Gasteiger partial charge on any atom is -0.481 e. The summed E-state index contributed by atoms with van der Waals surface area (Å²) in [7, 11) is 0. The molecule has 0 aromatic rings. The number of aliphatic carboxylic acids is 1. The summed E-state index contributed by atoms with van der Waals surface area (Å²) in [6.07, 6.45) is 3.64. The van der Waals surface area contributed by atoms with Crippen molar-refractivity contribution >= 4 is 11.9 Å². The summed E-state index contributed by atoms with van der Waals surface area (Å²) in [5, 5.41) is 11.7. The van der Waals surface area contributed by atoms with Crippen LogP contribution in [0.15, 0.2) is 0 Å². The van der Waals surface area contributed by atoms with Gasteiger partial charge in [0.15, 0.2) is 0 Å². The Morgan fingerprint density at radius 1 is 1.33 bits per heavy atom. The van der Waals surface area contributed by atoms with Gasteiger partial charge in [0.2, 0.25) is 5.91 Å². The van der Waals surface area contributed by atoms with Crippen molar-refractivity contribution in [3.05, 3.63) is 0 Å². The quantitative estimate of drug-likeness (QED) is 0.744. The molecule has 0 aliphatic heterocycles. The number of carbonyl (C=O) groups excluding carboxylic acids is 1. The molecule has 1 aliphatic rings. The Morgan fingerprint density at radius 3 is 2.27 bits per heavy atom. The first-order valence-corrected chi connectivity index (χ1v) is 5.49. The molecule has 1 rings (SSSR count). The van der Waals surface area contributed by atoms with Crippen LogP contribution in [0, 0.1) is 5.92 Å². The zero-order valence-corrected chi connectivity index (χ0v) is 9.38. The molecule has 0 spiro atoms. The summed E-state index contributed by atoms with van der Waals surface area (Å²) in [5.41, 5.74) is -0.479. The molecule has 1 aliphatic carbocycles. The van der Waals surface area contributed by atoms with E-state index >= 15 is 0 Å². The first-order valence-electron chi connectivity index (χ1n) is 5.49. The first kappa shape index (κ1) is 12.0. The average Bonchev–Trinajstić information content (AvgIpc) is 2.51. The van der Waals surface area contributed by atoms with Gasteiger partial charge in [-0.2, -0.15) is 0 Å². The van der Waals surface area contributed by atoms with E-state index < -0.39 is 11.5 Å². The summed E-state index contributed by atoms with van der Waals surface area (Å²) in [5.74, 6) is -0.963. The van der Waals surface area contributed by atoms with Gasteiger partial charge in [-0.05, 0) is 12.8 Å². The molecule has 0 unspecified atom stereocenters. The molecule has 0 saturated heterocycles. The maximum Gasteiger partial charge on any atom is 0.305 e. The fraction of sp³-hybridized carbons (Fsp3) is 0.818. The number of hydrogen-bond donors (Lipinski definition) is 2. The lowest BCUT2D eigenvalue weighted by atomic mass is 9.92. The normalized spacial score (nSPS) is 19.1. The largest absolute Gasteiger partial charge is 0.481 e. The number of carboxylic acid groups (broad SMARTS) is 1. The van der Waals surface area contributed by atoms with Gasteiger partial charge in [-0.1, -0.05) is 26.7 Å². The van der Waals surface area contributed by atoms with E-state index in [-0.39, 0.29) is 18.2 Å². The van der Waals surface area contributed by atoms with Crippen LogP contribution in [-0.4, -0.2) is 22.5 Å². The predicted octanol–water partition coefficient (Wildman–Crippen LogP) is 1.55. The fourth-order valence-electron chi connectivity index (χ4n) is 2.09. The van der Waals surface area contributed by atoms with E-state index in [9.17, 15) is 9.59 Å². The van der Waals surface area contributed by atoms with Crippen LogP contribution in [0.25, 0.3) is 0 Å². The summed E-state index contributed by atoms with van der Waals surface area (Å²) < 4.78 is 0. The lowest BCUT2D eigenvalue weighted by Gasteiger charge is -2.29. The third kappa shape index (κ3) is 3.22. The van der Waals surface area contributed by atoms with Crippen LogP contribution in [0.1, 0.15) is 46.0 Å². The van der Waals surface area contributed by atoms with E-state index in [1.165, 1.54) is 0 Å². The monoisotopic (exact) mass is 213 g/mol. The van der Waals surface area contributed by atoms with Crippen molar-refractivity contribution in [2.24, 2.45) is 5.92 Å². The van der Waals surface area contributed by atoms with E-state index in [4.69, 9.17) is 5.11 Å². The van der Waals surface area contributed by atoms with Gasteiger partial charge in [-0.25, -0.2) is 0 Å². The van der Waals surface area contributed by atoms with Gasteiger partial charge >= 0.3 is 5.97 Å². The number of hydrogen-bond acceptors (Lipinski definition) is 2. The molecule has 4 heteroatoms. The number of carboxylic acids is 1. The number of nitrogens with one attached hydrogen (secondary N) is 1. The molecule has 0 radical (unpaired) electrons. The molecular formula is C11H19NO3. The maximum absolute atomic E-state index is 11.6. The first-order chi connectivity index (χ1) is 6.95.